The van der Waals surface area contributed by atoms with Crippen LogP contribution in [-0.2, 0) is 5.41 Å². The van der Waals surface area contributed by atoms with Crippen molar-refractivity contribution in [1.82, 2.24) is 0 Å². The summed E-state index contributed by atoms with van der Waals surface area (Å²) in [5.41, 5.74) is 0.489. The lowest BCUT2D eigenvalue weighted by atomic mass is 9.85. The monoisotopic (exact) mass is 374 g/mol. The highest BCUT2D eigenvalue weighted by Crippen LogP contribution is 2.33. The third-order valence-electron chi connectivity index (χ3n) is 3.85. The normalized spacial score (nSPS) is 10.1. The smallest absolute Gasteiger partial charge is 0.255 e. The van der Waals surface area contributed by atoms with Crippen LogP contribution < -0.4 is 14.8 Å². The maximum atomic E-state index is 12.4. The van der Waals surface area contributed by atoms with Crippen molar-refractivity contribution in [3.8, 4) is 23.3 Å². The van der Waals surface area contributed by atoms with E-state index in [0.717, 1.165) is 0 Å². The largest absolute Gasteiger partial charge is 0.508 e. The Hall–Kier alpha value is -3.28. The van der Waals surface area contributed by atoms with Gasteiger partial charge in [0.25, 0.3) is 5.91 Å². The molecule has 0 saturated carbocycles. The van der Waals surface area contributed by atoms with Crippen LogP contribution in [0.4, 0.5) is 5.69 Å². The summed E-state index contributed by atoms with van der Waals surface area (Å²) < 4.78 is 10.3. The number of benzene rings is 2. The molecular weight excluding hydrogens is 352 g/mol. The molecule has 4 N–H and O–H groups in total. The average molecular weight is 374 g/mol. The summed E-state index contributed by atoms with van der Waals surface area (Å²) >= 11 is 0. The standard InChI is InChI=1S/C19H20N2O4.H2O2/c1-19(2,11-20)14-7-6-13(10-15(14)22)21-18(23)12-5-8-16(24-3)17(9-12)25-4;1-2/h5-10,22H,1-4H3,(H,21,23);1-2H. The molecule has 144 valence electrons. The lowest BCUT2D eigenvalue weighted by molar-refractivity contribution is -0.176. The molecule has 0 saturated heterocycles. The molecular formula is C19H22N2O6. The van der Waals surface area contributed by atoms with Gasteiger partial charge in [0.2, 0.25) is 0 Å². The third-order valence-corrected chi connectivity index (χ3v) is 3.85. The quantitative estimate of drug-likeness (QED) is 0.465. The zero-order valence-electron chi connectivity index (χ0n) is 15.5. The first-order valence-electron chi connectivity index (χ1n) is 7.80. The molecule has 0 spiro atoms. The molecule has 1 amide bonds. The number of nitriles is 1. The third kappa shape index (κ3) is 5.10. The zero-order chi connectivity index (χ0) is 20.6. The molecule has 0 unspecified atom stereocenters. The maximum Gasteiger partial charge on any atom is 0.255 e. The van der Waals surface area contributed by atoms with E-state index in [1.165, 1.54) is 20.3 Å². The van der Waals surface area contributed by atoms with Crippen LogP contribution in [0, 0.1) is 11.3 Å². The van der Waals surface area contributed by atoms with Gasteiger partial charge in [0.05, 0.1) is 25.7 Å². The summed E-state index contributed by atoms with van der Waals surface area (Å²) in [7, 11) is 3.01. The van der Waals surface area contributed by atoms with Crippen LogP contribution in [0.5, 0.6) is 17.2 Å². The number of amides is 1. The van der Waals surface area contributed by atoms with Crippen molar-refractivity contribution < 1.29 is 29.9 Å². The Morgan fingerprint density at radius 2 is 1.70 bits per heavy atom. The van der Waals surface area contributed by atoms with Gasteiger partial charge in [0.1, 0.15) is 5.75 Å². The number of nitrogens with zero attached hydrogens (tertiary/aromatic N) is 1. The van der Waals surface area contributed by atoms with Crippen molar-refractivity contribution in [1.29, 1.82) is 5.26 Å². The molecule has 0 aliphatic carbocycles. The van der Waals surface area contributed by atoms with E-state index in [-0.39, 0.29) is 11.7 Å². The Bertz CT molecular complexity index is 843. The molecule has 0 bridgehead atoms. The molecule has 2 aromatic carbocycles. The zero-order valence-corrected chi connectivity index (χ0v) is 15.5. The van der Waals surface area contributed by atoms with E-state index in [1.807, 2.05) is 0 Å². The number of methoxy groups -OCH3 is 2. The first-order chi connectivity index (χ1) is 12.8. The van der Waals surface area contributed by atoms with Crippen molar-refractivity contribution >= 4 is 11.6 Å². The predicted octanol–water partition coefficient (Wildman–Crippen LogP) is 3.48. The highest BCUT2D eigenvalue weighted by molar-refractivity contribution is 6.04. The fourth-order valence-corrected chi connectivity index (χ4v) is 2.38. The molecule has 0 fully saturated rings. The summed E-state index contributed by atoms with van der Waals surface area (Å²) in [6.07, 6.45) is 0. The number of aromatic hydroxyl groups is 1. The van der Waals surface area contributed by atoms with Crippen LogP contribution >= 0.6 is 0 Å². The van der Waals surface area contributed by atoms with Gasteiger partial charge in [-0.25, -0.2) is 0 Å². The molecule has 0 atom stereocenters. The van der Waals surface area contributed by atoms with Crippen LogP contribution in [0.3, 0.4) is 0 Å². The number of phenolic OH excluding ortho intramolecular Hbond substituents is 1. The summed E-state index contributed by atoms with van der Waals surface area (Å²) in [6.45, 7) is 3.42. The minimum Gasteiger partial charge on any atom is -0.508 e. The molecule has 0 heterocycles. The lowest BCUT2D eigenvalue weighted by Gasteiger charge is -2.18. The molecule has 0 aromatic heterocycles. The Kier molecular flexibility index (Phi) is 7.60. The highest BCUT2D eigenvalue weighted by atomic mass is 17.0. The van der Waals surface area contributed by atoms with Crippen LogP contribution in [0.15, 0.2) is 36.4 Å². The van der Waals surface area contributed by atoms with Crippen LogP contribution in [0.25, 0.3) is 0 Å². The van der Waals surface area contributed by atoms with Gasteiger partial charge in [-0.15, -0.1) is 0 Å². The highest BCUT2D eigenvalue weighted by Gasteiger charge is 2.23. The molecule has 0 radical (unpaired) electrons. The number of nitrogens with one attached hydrogen (secondary N) is 1. The molecule has 2 aromatic rings. The molecule has 27 heavy (non-hydrogen) atoms. The number of carbonyl (C=O) groups is 1. The second-order valence-electron chi connectivity index (χ2n) is 5.99. The van der Waals surface area contributed by atoms with Gasteiger partial charge < -0.3 is 19.9 Å². The molecule has 0 aliphatic rings. The average Bonchev–Trinajstić information content (AvgIpc) is 2.68. The number of phenols is 1. The van der Waals surface area contributed by atoms with Crippen LogP contribution in [0.1, 0.15) is 29.8 Å². The predicted molar refractivity (Wildman–Crippen MR) is 99.5 cm³/mol. The topological polar surface area (TPSA) is 132 Å². The maximum absolute atomic E-state index is 12.4. The van der Waals surface area contributed by atoms with Crippen molar-refractivity contribution in [3.05, 3.63) is 47.5 Å². The summed E-state index contributed by atoms with van der Waals surface area (Å²) in [4.78, 5) is 12.4. The number of hydrogen-bond donors (Lipinski definition) is 4. The van der Waals surface area contributed by atoms with Crippen molar-refractivity contribution in [2.45, 2.75) is 19.3 Å². The molecule has 2 rings (SSSR count). The van der Waals surface area contributed by atoms with Crippen LogP contribution in [0.2, 0.25) is 0 Å². The van der Waals surface area contributed by atoms with Crippen molar-refractivity contribution in [2.24, 2.45) is 0 Å². The molecule has 8 heteroatoms. The summed E-state index contributed by atoms with van der Waals surface area (Å²) in [5, 5.41) is 34.0. The van der Waals surface area contributed by atoms with E-state index in [1.54, 1.807) is 44.2 Å². The van der Waals surface area contributed by atoms with E-state index in [4.69, 9.17) is 20.0 Å². The Morgan fingerprint density at radius 1 is 1.07 bits per heavy atom. The van der Waals surface area contributed by atoms with Crippen molar-refractivity contribution in [3.63, 3.8) is 0 Å². The first-order valence-corrected chi connectivity index (χ1v) is 7.80. The molecule has 0 aliphatic heterocycles. The summed E-state index contributed by atoms with van der Waals surface area (Å²) in [6, 6.07) is 11.7. The second kappa shape index (κ2) is 9.43. The molecule has 8 nitrogen and oxygen atoms in total. The Morgan fingerprint density at radius 3 is 2.22 bits per heavy atom. The minimum absolute atomic E-state index is 0.0448. The van der Waals surface area contributed by atoms with E-state index >= 15 is 0 Å². The number of rotatable bonds is 5. The van der Waals surface area contributed by atoms with E-state index in [2.05, 4.69) is 11.4 Å². The van der Waals surface area contributed by atoms with E-state index in [0.29, 0.717) is 28.3 Å². The van der Waals surface area contributed by atoms with Gasteiger partial charge in [0, 0.05) is 22.9 Å². The van der Waals surface area contributed by atoms with Gasteiger partial charge in [-0.1, -0.05) is 6.07 Å². The van der Waals surface area contributed by atoms with Gasteiger partial charge in [-0.05, 0) is 38.1 Å². The van der Waals surface area contributed by atoms with Gasteiger partial charge in [-0.3, -0.25) is 15.3 Å². The van der Waals surface area contributed by atoms with E-state index < -0.39 is 5.41 Å². The number of anilines is 1. The van der Waals surface area contributed by atoms with Gasteiger partial charge >= 0.3 is 0 Å². The van der Waals surface area contributed by atoms with Crippen LogP contribution in [-0.4, -0.2) is 35.7 Å². The first kappa shape index (κ1) is 21.8. The fourth-order valence-electron chi connectivity index (χ4n) is 2.38. The number of carbonyl (C=O) groups excluding carboxylic acids is 1. The Balaban J connectivity index is 0.00000176. The van der Waals surface area contributed by atoms with Gasteiger partial charge in [0.15, 0.2) is 11.5 Å². The Labute approximate surface area is 157 Å². The lowest BCUT2D eigenvalue weighted by Crippen LogP contribution is -2.15. The fraction of sp³-hybridized carbons (Fsp3) is 0.263. The SMILES string of the molecule is COc1ccc(C(=O)Nc2ccc(C(C)(C)C#N)c(O)c2)cc1OC.OO. The number of ether oxygens (including phenoxy) is 2. The summed E-state index contributed by atoms with van der Waals surface area (Å²) in [5.74, 6) is 0.577. The van der Waals surface area contributed by atoms with E-state index in [9.17, 15) is 15.2 Å². The number of hydrogen-bond acceptors (Lipinski definition) is 7. The minimum atomic E-state index is -0.823. The second-order valence-corrected chi connectivity index (χ2v) is 5.99. The van der Waals surface area contributed by atoms with Gasteiger partial charge in [-0.2, -0.15) is 5.26 Å². The van der Waals surface area contributed by atoms with Crippen molar-refractivity contribution in [2.75, 3.05) is 19.5 Å².